The zero-order valence-corrected chi connectivity index (χ0v) is 17.8. The fourth-order valence-corrected chi connectivity index (χ4v) is 3.87. The van der Waals surface area contributed by atoms with E-state index in [2.05, 4.69) is 20.2 Å². The van der Waals surface area contributed by atoms with Crippen LogP contribution in [0.3, 0.4) is 0 Å². The van der Waals surface area contributed by atoms with Crippen LogP contribution < -0.4 is 15.6 Å². The molecule has 1 N–H and O–H groups in total. The first-order valence-electron chi connectivity index (χ1n) is 10.5. The highest BCUT2D eigenvalue weighted by atomic mass is 16.5. The first-order chi connectivity index (χ1) is 15.0. The Morgan fingerprint density at radius 3 is 2.71 bits per heavy atom. The fourth-order valence-electron chi connectivity index (χ4n) is 3.87. The van der Waals surface area contributed by atoms with Gasteiger partial charge in [-0.25, -0.2) is 4.98 Å². The average molecular weight is 421 g/mol. The fraction of sp³-hybridized carbons (Fsp3) is 0.391. The molecular formula is C23H28N6O2. The Hall–Kier alpha value is -3.44. The van der Waals surface area contributed by atoms with Crippen molar-refractivity contribution in [1.82, 2.24) is 19.4 Å². The monoisotopic (exact) mass is 420 g/mol. The molecule has 8 heteroatoms. The highest BCUT2D eigenvalue weighted by Crippen LogP contribution is 2.31. The van der Waals surface area contributed by atoms with Crippen molar-refractivity contribution in [2.45, 2.75) is 31.7 Å². The molecule has 0 radical (unpaired) electrons. The standard InChI is InChI=1S/C23H26N6O2.H2/c1-28(2)11-12-31-20-9-7-18(8-10-20)26-23-25-15-17-13-16(14-24)22(30)29(21(17)27-23)19-5-3-4-6-19;/h7-10,13,15,19H,3-6,11-12H2,1-2H3,(H,25,26,27);1H. The van der Waals surface area contributed by atoms with Crippen molar-refractivity contribution in [2.75, 3.05) is 32.6 Å². The van der Waals surface area contributed by atoms with Crippen molar-refractivity contribution in [3.8, 4) is 11.8 Å². The van der Waals surface area contributed by atoms with Crippen LogP contribution in [0.4, 0.5) is 11.6 Å². The molecule has 0 aliphatic heterocycles. The van der Waals surface area contributed by atoms with Crippen molar-refractivity contribution in [3.63, 3.8) is 0 Å². The normalized spacial score (nSPS) is 14.1. The number of likely N-dealkylation sites (N-methyl/N-ethyl adjacent to an activating group) is 1. The number of ether oxygens (including phenoxy) is 1. The minimum atomic E-state index is -0.272. The van der Waals surface area contributed by atoms with E-state index in [1.54, 1.807) is 16.8 Å². The Morgan fingerprint density at radius 2 is 2.03 bits per heavy atom. The van der Waals surface area contributed by atoms with Crippen LogP contribution in [0.25, 0.3) is 11.0 Å². The number of benzene rings is 1. The molecule has 0 unspecified atom stereocenters. The van der Waals surface area contributed by atoms with Gasteiger partial charge in [-0.3, -0.25) is 9.36 Å². The summed E-state index contributed by atoms with van der Waals surface area (Å²) < 4.78 is 7.41. The summed E-state index contributed by atoms with van der Waals surface area (Å²) in [4.78, 5) is 24.0. The van der Waals surface area contributed by atoms with Gasteiger partial charge >= 0.3 is 0 Å². The minimum absolute atomic E-state index is 0. The molecule has 0 saturated heterocycles. The molecule has 1 aromatic carbocycles. The molecule has 1 aliphatic carbocycles. The maximum atomic E-state index is 12.9. The van der Waals surface area contributed by atoms with E-state index >= 15 is 0 Å². The van der Waals surface area contributed by atoms with Crippen LogP contribution in [0, 0.1) is 11.3 Å². The third-order valence-corrected chi connectivity index (χ3v) is 5.50. The molecule has 0 bridgehead atoms. The summed E-state index contributed by atoms with van der Waals surface area (Å²) in [5.74, 6) is 1.20. The van der Waals surface area contributed by atoms with E-state index in [-0.39, 0.29) is 18.6 Å². The molecule has 162 valence electrons. The van der Waals surface area contributed by atoms with E-state index in [0.717, 1.165) is 43.7 Å². The number of nitrogens with one attached hydrogen (secondary N) is 1. The number of hydrogen-bond donors (Lipinski definition) is 1. The Balaban J connectivity index is 0.00000289. The van der Waals surface area contributed by atoms with E-state index in [0.29, 0.717) is 23.6 Å². The van der Waals surface area contributed by atoms with E-state index in [1.165, 1.54) is 0 Å². The van der Waals surface area contributed by atoms with Crippen LogP contribution in [-0.4, -0.2) is 46.7 Å². The maximum absolute atomic E-state index is 12.9. The first kappa shape index (κ1) is 20.8. The Morgan fingerprint density at radius 1 is 1.29 bits per heavy atom. The zero-order chi connectivity index (χ0) is 21.8. The van der Waals surface area contributed by atoms with Gasteiger partial charge in [-0.2, -0.15) is 10.2 Å². The molecule has 1 fully saturated rings. The summed E-state index contributed by atoms with van der Waals surface area (Å²) in [6, 6.07) is 11.3. The number of nitrogens with zero attached hydrogens (tertiary/aromatic N) is 5. The van der Waals surface area contributed by atoms with Crippen molar-refractivity contribution >= 4 is 22.7 Å². The molecule has 3 aromatic rings. The largest absolute Gasteiger partial charge is 0.492 e. The van der Waals surface area contributed by atoms with Gasteiger partial charge in [-0.05, 0) is 57.3 Å². The molecule has 0 spiro atoms. The number of fused-ring (bicyclic) bond motifs is 1. The minimum Gasteiger partial charge on any atom is -0.492 e. The van der Waals surface area contributed by atoms with Gasteiger partial charge in [-0.15, -0.1) is 0 Å². The second kappa shape index (κ2) is 9.14. The quantitative estimate of drug-likeness (QED) is 0.622. The highest BCUT2D eigenvalue weighted by molar-refractivity contribution is 5.77. The predicted molar refractivity (Wildman–Crippen MR) is 122 cm³/mol. The summed E-state index contributed by atoms with van der Waals surface area (Å²) >= 11 is 0. The zero-order valence-electron chi connectivity index (χ0n) is 17.8. The average Bonchev–Trinajstić information content (AvgIpc) is 3.28. The molecular weight excluding hydrogens is 392 g/mol. The number of anilines is 2. The third-order valence-electron chi connectivity index (χ3n) is 5.50. The van der Waals surface area contributed by atoms with Crippen LogP contribution in [0.15, 0.2) is 41.3 Å². The van der Waals surface area contributed by atoms with Gasteiger partial charge in [0, 0.05) is 31.3 Å². The number of aromatic nitrogens is 3. The summed E-state index contributed by atoms with van der Waals surface area (Å²) in [6.07, 6.45) is 5.66. The van der Waals surface area contributed by atoms with Gasteiger partial charge in [0.1, 0.15) is 29.6 Å². The summed E-state index contributed by atoms with van der Waals surface area (Å²) in [5, 5.41) is 13.3. The van der Waals surface area contributed by atoms with E-state index in [9.17, 15) is 10.1 Å². The molecule has 4 rings (SSSR count). The molecule has 1 aliphatic rings. The van der Waals surface area contributed by atoms with Crippen LogP contribution in [0.5, 0.6) is 5.75 Å². The van der Waals surface area contributed by atoms with Crippen LogP contribution in [0.1, 0.15) is 38.7 Å². The molecule has 2 aromatic heterocycles. The summed E-state index contributed by atoms with van der Waals surface area (Å²) in [7, 11) is 4.01. The molecule has 1 saturated carbocycles. The van der Waals surface area contributed by atoms with E-state index in [4.69, 9.17) is 4.74 Å². The van der Waals surface area contributed by atoms with Crippen molar-refractivity contribution in [3.05, 3.63) is 52.4 Å². The lowest BCUT2D eigenvalue weighted by molar-refractivity contribution is 0.261. The number of hydrogen-bond acceptors (Lipinski definition) is 7. The van der Waals surface area contributed by atoms with E-state index < -0.39 is 0 Å². The molecule has 0 amide bonds. The van der Waals surface area contributed by atoms with Crippen molar-refractivity contribution in [2.24, 2.45) is 0 Å². The third kappa shape index (κ3) is 4.67. The SMILES string of the molecule is CN(C)CCOc1ccc(Nc2ncc3cc(C#N)c(=O)n(C4CCCC4)c3n2)cc1.[HH]. The maximum Gasteiger partial charge on any atom is 0.270 e. The molecule has 8 nitrogen and oxygen atoms in total. The first-order valence-corrected chi connectivity index (χ1v) is 10.5. The van der Waals surface area contributed by atoms with Crippen LogP contribution in [-0.2, 0) is 0 Å². The summed E-state index contributed by atoms with van der Waals surface area (Å²) in [5.41, 5.74) is 1.25. The Labute approximate surface area is 182 Å². The summed E-state index contributed by atoms with van der Waals surface area (Å²) in [6.45, 7) is 1.47. The highest BCUT2D eigenvalue weighted by Gasteiger charge is 2.22. The number of rotatable bonds is 7. The van der Waals surface area contributed by atoms with Gasteiger partial charge in [0.05, 0.1) is 0 Å². The lowest BCUT2D eigenvalue weighted by atomic mass is 10.2. The molecule has 0 atom stereocenters. The van der Waals surface area contributed by atoms with Crippen molar-refractivity contribution < 1.29 is 6.16 Å². The number of nitriles is 1. The molecule has 31 heavy (non-hydrogen) atoms. The van der Waals surface area contributed by atoms with Gasteiger partial charge in [0.15, 0.2) is 0 Å². The van der Waals surface area contributed by atoms with Gasteiger partial charge < -0.3 is 15.0 Å². The number of pyridine rings is 1. The van der Waals surface area contributed by atoms with Crippen LogP contribution >= 0.6 is 0 Å². The second-order valence-electron chi connectivity index (χ2n) is 8.06. The Kier molecular flexibility index (Phi) is 6.14. The Bertz CT molecular complexity index is 1160. The van der Waals surface area contributed by atoms with Crippen molar-refractivity contribution in [1.29, 1.82) is 5.26 Å². The smallest absolute Gasteiger partial charge is 0.270 e. The molecule has 2 heterocycles. The topological polar surface area (TPSA) is 96.1 Å². The lowest BCUT2D eigenvalue weighted by Gasteiger charge is -2.17. The van der Waals surface area contributed by atoms with Gasteiger partial charge in [0.25, 0.3) is 5.56 Å². The second-order valence-corrected chi connectivity index (χ2v) is 8.06. The predicted octanol–water partition coefficient (Wildman–Crippen LogP) is 3.71. The van der Waals surface area contributed by atoms with Gasteiger partial charge in [0.2, 0.25) is 5.95 Å². The van der Waals surface area contributed by atoms with E-state index in [1.807, 2.05) is 44.4 Å². The lowest BCUT2D eigenvalue weighted by Crippen LogP contribution is -2.26. The van der Waals surface area contributed by atoms with Gasteiger partial charge in [-0.1, -0.05) is 12.8 Å². The van der Waals surface area contributed by atoms with Crippen LogP contribution in [0.2, 0.25) is 0 Å².